The molecule has 30 heteroatoms. The maximum Gasteiger partial charge on any atom is 0.305 e. The summed E-state index contributed by atoms with van der Waals surface area (Å²) in [7, 11) is 0. The summed E-state index contributed by atoms with van der Waals surface area (Å²) < 4.78 is 72.6. The second kappa shape index (κ2) is 30.6. The van der Waals surface area contributed by atoms with Crippen molar-refractivity contribution in [1.29, 1.82) is 0 Å². The van der Waals surface area contributed by atoms with Crippen molar-refractivity contribution in [3.05, 3.63) is 0 Å². The molecule has 0 aliphatic carbocycles. The minimum Gasteiger partial charge on any atom is -0.481 e. The molecule has 0 aromatic rings. The number of unbranched alkanes of at least 4 members (excludes halogenated alkanes) is 4. The predicted octanol–water partition coefficient (Wildman–Crippen LogP) is -6.23. The summed E-state index contributed by atoms with van der Waals surface area (Å²) in [5, 5.41) is 184. The molecule has 17 N–H and O–H groups in total. The van der Waals surface area contributed by atoms with E-state index in [2.05, 4.69) is 0 Å². The van der Waals surface area contributed by atoms with Crippen LogP contribution in [0.25, 0.3) is 0 Å². The molecule has 0 amide bonds. The van der Waals surface area contributed by atoms with Crippen LogP contribution in [-0.4, -0.2) is 302 Å². The smallest absolute Gasteiger partial charge is 0.305 e. The first-order chi connectivity index (χ1) is 37.8. The lowest BCUT2D eigenvalue weighted by Gasteiger charge is -2.51. The van der Waals surface area contributed by atoms with E-state index in [0.29, 0.717) is 38.5 Å². The zero-order valence-electron chi connectivity index (χ0n) is 45.4. The van der Waals surface area contributed by atoms with Crippen molar-refractivity contribution in [2.75, 3.05) is 13.2 Å². The molecule has 6 aliphatic heterocycles. The van der Waals surface area contributed by atoms with Gasteiger partial charge in [-0.1, -0.05) is 45.4 Å². The van der Waals surface area contributed by atoms with Gasteiger partial charge in [0, 0.05) is 0 Å². The van der Waals surface area contributed by atoms with Gasteiger partial charge >= 0.3 is 5.97 Å². The molecular weight excluding hydrogens is 1080 g/mol. The number of carbonyl (C=O) groups is 1. The van der Waals surface area contributed by atoms with E-state index in [0.717, 1.165) is 19.3 Å². The summed E-state index contributed by atoms with van der Waals surface area (Å²) in [6.07, 6.45) is -48.5. The molecule has 468 valence electrons. The molecule has 6 heterocycles. The van der Waals surface area contributed by atoms with Gasteiger partial charge in [-0.05, 0) is 47.0 Å². The van der Waals surface area contributed by atoms with E-state index in [4.69, 9.17) is 61.9 Å². The van der Waals surface area contributed by atoms with E-state index in [1.54, 1.807) is 0 Å². The van der Waals surface area contributed by atoms with Crippen LogP contribution in [0.1, 0.15) is 98.8 Å². The lowest BCUT2D eigenvalue weighted by Crippen LogP contribution is -2.69. The van der Waals surface area contributed by atoms with Crippen molar-refractivity contribution in [3.63, 3.8) is 0 Å². The van der Waals surface area contributed by atoms with Crippen LogP contribution < -0.4 is 0 Å². The average Bonchev–Trinajstić information content (AvgIpc) is 3.41. The minimum absolute atomic E-state index is 0.330. The standard InChI is InChI=1S/C50H88O30/c1-6-12-23(14-11-9-7-8-10-13-22(53)15-26(54)55)73-48-42(34(63)29(58)20(4)71-48)80-50-44(36(65)31(60)25(17-52)75-50)79-47-39(68)41(40(21(5)72-47)76-45-37(66)32(61)27(56)18(2)69-45)77-49-43(35(64)30(59)24(16-51)74-49)78-46-38(67)33(62)28(57)19(3)70-46/h18-25,27-53,56-68H,6-17H2,1-5H3,(H,54,55)/t18-,19+,20+,21-,22-,23-,24+,25+,27+,28+,29-,30+,31+,32+,33-,34-,35-,36-,37-,38+,39+,40-,41-,42+,43+,44+,45+,46-,47+,48-,49-,50-/m0/s1. The molecule has 0 aromatic heterocycles. The van der Waals surface area contributed by atoms with Gasteiger partial charge in [0.05, 0.1) is 56.3 Å². The number of hydrogen-bond donors (Lipinski definition) is 17. The predicted molar refractivity (Wildman–Crippen MR) is 262 cm³/mol. The van der Waals surface area contributed by atoms with Crippen LogP contribution in [0.4, 0.5) is 0 Å². The summed E-state index contributed by atoms with van der Waals surface area (Å²) in [6, 6.07) is 0. The van der Waals surface area contributed by atoms with Gasteiger partial charge in [-0.25, -0.2) is 0 Å². The highest BCUT2D eigenvalue weighted by Crippen LogP contribution is 2.39. The monoisotopic (exact) mass is 1170 g/mol. The molecular formula is C50H88O30. The Labute approximate surface area is 462 Å². The maximum atomic E-state index is 12.4. The first-order valence-corrected chi connectivity index (χ1v) is 27.7. The second-order valence-electron chi connectivity index (χ2n) is 21.8. The van der Waals surface area contributed by atoms with Crippen molar-refractivity contribution >= 4 is 5.97 Å². The van der Waals surface area contributed by atoms with Gasteiger partial charge < -0.3 is 144 Å². The molecule has 0 radical (unpaired) electrons. The minimum atomic E-state index is -2.21. The van der Waals surface area contributed by atoms with Gasteiger partial charge in [-0.15, -0.1) is 0 Å². The quantitative estimate of drug-likeness (QED) is 0.0358. The van der Waals surface area contributed by atoms with E-state index in [1.807, 2.05) is 6.92 Å². The zero-order chi connectivity index (χ0) is 59.0. The number of aliphatic hydroxyl groups excluding tert-OH is 16. The van der Waals surface area contributed by atoms with Gasteiger partial charge in [-0.2, -0.15) is 0 Å². The third-order valence-corrected chi connectivity index (χ3v) is 15.7. The largest absolute Gasteiger partial charge is 0.481 e. The van der Waals surface area contributed by atoms with Crippen LogP contribution in [0.3, 0.4) is 0 Å². The molecule has 6 aliphatic rings. The van der Waals surface area contributed by atoms with Crippen LogP contribution in [0.15, 0.2) is 0 Å². The first-order valence-electron chi connectivity index (χ1n) is 27.7. The van der Waals surface area contributed by atoms with Gasteiger partial charge in [-0.3, -0.25) is 4.79 Å². The van der Waals surface area contributed by atoms with E-state index in [1.165, 1.54) is 27.7 Å². The Kier molecular flexibility index (Phi) is 25.8. The van der Waals surface area contributed by atoms with E-state index < -0.39 is 216 Å². The number of carboxylic acid groups (broad SMARTS) is 1. The fourth-order valence-corrected chi connectivity index (χ4v) is 10.7. The maximum absolute atomic E-state index is 12.4. The van der Waals surface area contributed by atoms with E-state index in [9.17, 15) is 86.5 Å². The normalized spacial score (nSPS) is 47.4. The molecule has 0 spiro atoms. The lowest BCUT2D eigenvalue weighted by atomic mass is 9.95. The van der Waals surface area contributed by atoms with E-state index in [-0.39, 0.29) is 6.42 Å². The Morgan fingerprint density at radius 3 is 1.25 bits per heavy atom. The molecule has 0 bridgehead atoms. The van der Waals surface area contributed by atoms with E-state index >= 15 is 0 Å². The number of aliphatic hydroxyl groups is 16. The van der Waals surface area contributed by atoms with Crippen LogP contribution in [0.5, 0.6) is 0 Å². The average molecular weight is 1170 g/mol. The summed E-state index contributed by atoms with van der Waals surface area (Å²) in [5.74, 6) is -1.08. The summed E-state index contributed by atoms with van der Waals surface area (Å²) in [5.41, 5.74) is 0. The highest BCUT2D eigenvalue weighted by Gasteiger charge is 2.58. The van der Waals surface area contributed by atoms with Crippen molar-refractivity contribution in [1.82, 2.24) is 0 Å². The summed E-state index contributed by atoms with van der Waals surface area (Å²) >= 11 is 0. The van der Waals surface area contributed by atoms with Gasteiger partial charge in [0.25, 0.3) is 0 Å². The molecule has 80 heavy (non-hydrogen) atoms. The molecule has 32 atom stereocenters. The fraction of sp³-hybridized carbons (Fsp3) is 0.980. The molecule has 0 unspecified atom stereocenters. The Hall–Kier alpha value is -1.65. The molecule has 6 fully saturated rings. The first kappa shape index (κ1) is 67.5. The molecule has 30 nitrogen and oxygen atoms in total. The van der Waals surface area contributed by atoms with Crippen molar-refractivity contribution in [3.8, 4) is 0 Å². The Morgan fingerprint density at radius 1 is 0.400 bits per heavy atom. The Balaban J connectivity index is 1.27. The Bertz CT molecular complexity index is 1830. The molecule has 0 aromatic carbocycles. The Morgan fingerprint density at radius 2 is 0.775 bits per heavy atom. The van der Waals surface area contributed by atoms with Crippen LogP contribution in [0, 0.1) is 0 Å². The van der Waals surface area contributed by atoms with Crippen LogP contribution in [0.2, 0.25) is 0 Å². The molecule has 6 saturated heterocycles. The third kappa shape index (κ3) is 16.2. The topological polar surface area (TPSA) is 472 Å². The number of ether oxygens (including phenoxy) is 12. The lowest BCUT2D eigenvalue weighted by molar-refractivity contribution is -0.414. The van der Waals surface area contributed by atoms with Crippen molar-refractivity contribution in [2.45, 2.75) is 295 Å². The summed E-state index contributed by atoms with van der Waals surface area (Å²) in [4.78, 5) is 10.9. The van der Waals surface area contributed by atoms with Crippen molar-refractivity contribution in [2.24, 2.45) is 0 Å². The number of carboxylic acids is 1. The van der Waals surface area contributed by atoms with Gasteiger partial charge in [0.2, 0.25) is 0 Å². The number of rotatable bonds is 26. The third-order valence-electron chi connectivity index (χ3n) is 15.7. The van der Waals surface area contributed by atoms with Gasteiger partial charge in [0.1, 0.15) is 122 Å². The fourth-order valence-electron chi connectivity index (χ4n) is 10.7. The van der Waals surface area contributed by atoms with Gasteiger partial charge in [0.15, 0.2) is 37.7 Å². The summed E-state index contributed by atoms with van der Waals surface area (Å²) in [6.45, 7) is 5.62. The van der Waals surface area contributed by atoms with Crippen LogP contribution in [-0.2, 0) is 61.6 Å². The van der Waals surface area contributed by atoms with Crippen molar-refractivity contribution < 1.29 is 148 Å². The SMILES string of the molecule is CCC[C@@H](CCCCCCC[C@H](O)CC(=O)O)O[C@@H]1O[C@H](C)[C@H](O)[C@H](O)[C@H]1O[C@@H]1O[C@H](CO)[C@@H](O)[C@H](O)[C@H]1O[C@H]1O[C@@H](C)[C@H](O[C@H]2O[C@@H](C)[C@@H](O)[C@@H](O)[C@@H]2O)[C@@H](O[C@@H]2O[C@H](CO)[C@@H](O)[C@H](O)[C@H]2O[C@@H]2O[C@H](C)[C@@H](O)[C@H](O)[C@H]2O)[C@H]1O. The molecule has 6 rings (SSSR count). The second-order valence-corrected chi connectivity index (χ2v) is 21.8. The zero-order valence-corrected chi connectivity index (χ0v) is 45.4. The number of aliphatic carboxylic acids is 1. The molecule has 0 saturated carbocycles. The highest BCUT2D eigenvalue weighted by molar-refractivity contribution is 5.67. The highest BCUT2D eigenvalue weighted by atomic mass is 16.8. The number of hydrogen-bond acceptors (Lipinski definition) is 29. The van der Waals surface area contributed by atoms with Crippen LogP contribution >= 0.6 is 0 Å².